The number of hydrogen-bond acceptors (Lipinski definition) is 1. The third-order valence-corrected chi connectivity index (χ3v) is 5.53. The molecule has 1 saturated heterocycles. The Kier molecular flexibility index (Phi) is 7.51. The second kappa shape index (κ2) is 10.3. The normalized spacial score (nSPS) is 15.7. The van der Waals surface area contributed by atoms with Crippen LogP contribution in [0, 0.1) is 5.92 Å². The zero-order chi connectivity index (χ0) is 18.0. The molecule has 0 amide bonds. The van der Waals surface area contributed by atoms with Gasteiger partial charge in [-0.2, -0.15) is 0 Å². The Morgan fingerprint density at radius 1 is 0.846 bits per heavy atom. The van der Waals surface area contributed by atoms with Crippen LogP contribution in [0.4, 0.5) is 0 Å². The van der Waals surface area contributed by atoms with Crippen LogP contribution in [0.1, 0.15) is 56.6 Å². The first-order valence-electron chi connectivity index (χ1n) is 10.4. The topological polar surface area (TPSA) is 3.24 Å². The molecule has 0 atom stereocenters. The Balaban J connectivity index is 1.64. The molecule has 0 spiro atoms. The van der Waals surface area contributed by atoms with E-state index in [4.69, 9.17) is 0 Å². The Labute approximate surface area is 159 Å². The fourth-order valence-corrected chi connectivity index (χ4v) is 3.94. The lowest BCUT2D eigenvalue weighted by Crippen LogP contribution is -2.34. The SMILES string of the molecule is CCCCCCN1CCC(C=C(c2ccccc2)c2ccccc2)CC1. The summed E-state index contributed by atoms with van der Waals surface area (Å²) in [5.74, 6) is 0.692. The Bertz CT molecular complexity index is 610. The molecule has 0 N–H and O–H groups in total. The van der Waals surface area contributed by atoms with Crippen LogP contribution in [0.15, 0.2) is 66.7 Å². The largest absolute Gasteiger partial charge is 0.303 e. The van der Waals surface area contributed by atoms with Crippen LogP contribution in [0.3, 0.4) is 0 Å². The van der Waals surface area contributed by atoms with Gasteiger partial charge in [0.25, 0.3) is 0 Å². The number of likely N-dealkylation sites (tertiary alicyclic amines) is 1. The van der Waals surface area contributed by atoms with Crippen LogP contribution in [-0.4, -0.2) is 24.5 Å². The minimum absolute atomic E-state index is 0.692. The molecule has 1 aliphatic rings. The molecule has 0 saturated carbocycles. The van der Waals surface area contributed by atoms with E-state index in [-0.39, 0.29) is 0 Å². The summed E-state index contributed by atoms with van der Waals surface area (Å²) in [4.78, 5) is 2.67. The third-order valence-electron chi connectivity index (χ3n) is 5.53. The molecule has 2 aromatic carbocycles. The summed E-state index contributed by atoms with van der Waals surface area (Å²) in [6.07, 6.45) is 10.6. The summed E-state index contributed by atoms with van der Waals surface area (Å²) < 4.78 is 0. The summed E-state index contributed by atoms with van der Waals surface area (Å²) in [5, 5.41) is 0. The van der Waals surface area contributed by atoms with Gasteiger partial charge in [-0.15, -0.1) is 0 Å². The highest BCUT2D eigenvalue weighted by Crippen LogP contribution is 2.28. The highest BCUT2D eigenvalue weighted by atomic mass is 15.1. The van der Waals surface area contributed by atoms with E-state index in [9.17, 15) is 0 Å². The molecule has 1 heterocycles. The van der Waals surface area contributed by atoms with Crippen molar-refractivity contribution in [3.8, 4) is 0 Å². The van der Waals surface area contributed by atoms with E-state index in [1.807, 2.05) is 0 Å². The lowest BCUT2D eigenvalue weighted by Gasteiger charge is -2.31. The number of unbranched alkanes of at least 4 members (excludes halogenated alkanes) is 3. The van der Waals surface area contributed by atoms with E-state index < -0.39 is 0 Å². The minimum atomic E-state index is 0.692. The van der Waals surface area contributed by atoms with Crippen LogP contribution in [0.5, 0.6) is 0 Å². The zero-order valence-corrected chi connectivity index (χ0v) is 16.2. The number of piperidine rings is 1. The van der Waals surface area contributed by atoms with Crippen molar-refractivity contribution in [1.82, 2.24) is 4.90 Å². The van der Waals surface area contributed by atoms with E-state index in [2.05, 4.69) is 78.6 Å². The second-order valence-electron chi connectivity index (χ2n) is 7.55. The Hall–Kier alpha value is -1.86. The van der Waals surface area contributed by atoms with Crippen LogP contribution in [-0.2, 0) is 0 Å². The molecule has 0 radical (unpaired) electrons. The van der Waals surface area contributed by atoms with Crippen LogP contribution in [0.25, 0.3) is 5.57 Å². The average molecular weight is 348 g/mol. The van der Waals surface area contributed by atoms with Gasteiger partial charge in [-0.3, -0.25) is 0 Å². The van der Waals surface area contributed by atoms with Gasteiger partial charge in [-0.25, -0.2) is 0 Å². The van der Waals surface area contributed by atoms with Crippen molar-refractivity contribution in [2.75, 3.05) is 19.6 Å². The van der Waals surface area contributed by atoms with E-state index >= 15 is 0 Å². The highest BCUT2D eigenvalue weighted by Gasteiger charge is 2.18. The second-order valence-corrected chi connectivity index (χ2v) is 7.55. The van der Waals surface area contributed by atoms with E-state index in [0.717, 1.165) is 0 Å². The molecule has 1 heteroatoms. The van der Waals surface area contributed by atoms with Gasteiger partial charge in [0.2, 0.25) is 0 Å². The van der Waals surface area contributed by atoms with E-state index in [1.54, 1.807) is 0 Å². The summed E-state index contributed by atoms with van der Waals surface area (Å²) in [5.41, 5.74) is 4.06. The maximum Gasteiger partial charge on any atom is -0.00131 e. The standard InChI is InChI=1S/C25H33N/c1-2-3-4-11-18-26-19-16-22(17-20-26)21-25(23-12-7-5-8-13-23)24-14-9-6-10-15-24/h5-10,12-15,21-22H,2-4,11,16-20H2,1H3. The molecule has 138 valence electrons. The van der Waals surface area contributed by atoms with Crippen molar-refractivity contribution in [2.24, 2.45) is 5.92 Å². The summed E-state index contributed by atoms with van der Waals surface area (Å²) in [7, 11) is 0. The van der Waals surface area contributed by atoms with Crippen molar-refractivity contribution in [3.63, 3.8) is 0 Å². The van der Waals surface area contributed by atoms with Gasteiger partial charge in [0.1, 0.15) is 0 Å². The predicted molar refractivity (Wildman–Crippen MR) is 113 cm³/mol. The summed E-state index contributed by atoms with van der Waals surface area (Å²) in [6.45, 7) is 6.09. The van der Waals surface area contributed by atoms with Crippen LogP contribution >= 0.6 is 0 Å². The summed E-state index contributed by atoms with van der Waals surface area (Å²) >= 11 is 0. The molecule has 1 nitrogen and oxygen atoms in total. The first-order valence-corrected chi connectivity index (χ1v) is 10.4. The molecule has 0 aliphatic carbocycles. The molecule has 2 aromatic rings. The molecular formula is C25H33N. The first-order chi connectivity index (χ1) is 12.9. The first kappa shape index (κ1) is 18.9. The lowest BCUT2D eigenvalue weighted by molar-refractivity contribution is 0.199. The maximum absolute atomic E-state index is 2.67. The quantitative estimate of drug-likeness (QED) is 0.499. The number of allylic oxidation sites excluding steroid dienone is 1. The smallest absolute Gasteiger partial charge is 0.00131 e. The van der Waals surface area contributed by atoms with E-state index in [1.165, 1.54) is 74.9 Å². The number of rotatable bonds is 8. The van der Waals surface area contributed by atoms with Crippen LogP contribution < -0.4 is 0 Å². The maximum atomic E-state index is 2.67. The molecule has 3 rings (SSSR count). The van der Waals surface area contributed by atoms with Gasteiger partial charge in [0, 0.05) is 0 Å². The minimum Gasteiger partial charge on any atom is -0.303 e. The number of hydrogen-bond donors (Lipinski definition) is 0. The lowest BCUT2D eigenvalue weighted by atomic mass is 9.89. The molecule has 0 bridgehead atoms. The fraction of sp³-hybridized carbons (Fsp3) is 0.440. The van der Waals surface area contributed by atoms with Gasteiger partial charge in [0.15, 0.2) is 0 Å². The highest BCUT2D eigenvalue weighted by molar-refractivity contribution is 5.79. The van der Waals surface area contributed by atoms with Gasteiger partial charge in [0.05, 0.1) is 0 Å². The van der Waals surface area contributed by atoms with E-state index in [0.29, 0.717) is 5.92 Å². The average Bonchev–Trinajstić information content (AvgIpc) is 2.72. The van der Waals surface area contributed by atoms with Crippen LogP contribution in [0.2, 0.25) is 0 Å². The van der Waals surface area contributed by atoms with Crippen molar-refractivity contribution < 1.29 is 0 Å². The molecule has 1 aliphatic heterocycles. The number of nitrogens with zero attached hydrogens (tertiary/aromatic N) is 1. The van der Waals surface area contributed by atoms with Gasteiger partial charge in [-0.1, -0.05) is 92.9 Å². The van der Waals surface area contributed by atoms with Crippen molar-refractivity contribution >= 4 is 5.57 Å². The molecule has 0 aromatic heterocycles. The van der Waals surface area contributed by atoms with Gasteiger partial charge < -0.3 is 4.90 Å². The Morgan fingerprint density at radius 2 is 1.42 bits per heavy atom. The Morgan fingerprint density at radius 3 is 1.96 bits per heavy atom. The van der Waals surface area contributed by atoms with Gasteiger partial charge >= 0.3 is 0 Å². The number of benzene rings is 2. The summed E-state index contributed by atoms with van der Waals surface area (Å²) in [6, 6.07) is 21.7. The fourth-order valence-electron chi connectivity index (χ4n) is 3.94. The molecular weight excluding hydrogens is 314 g/mol. The van der Waals surface area contributed by atoms with Crippen molar-refractivity contribution in [2.45, 2.75) is 45.4 Å². The van der Waals surface area contributed by atoms with Crippen molar-refractivity contribution in [3.05, 3.63) is 77.9 Å². The molecule has 1 fully saturated rings. The molecule has 26 heavy (non-hydrogen) atoms. The van der Waals surface area contributed by atoms with Gasteiger partial charge in [-0.05, 0) is 61.5 Å². The third kappa shape index (κ3) is 5.57. The predicted octanol–water partition coefficient (Wildman–Crippen LogP) is 6.41. The van der Waals surface area contributed by atoms with Crippen molar-refractivity contribution in [1.29, 1.82) is 0 Å². The molecule has 0 unspecified atom stereocenters. The monoisotopic (exact) mass is 347 g/mol. The zero-order valence-electron chi connectivity index (χ0n) is 16.2.